The van der Waals surface area contributed by atoms with Gasteiger partial charge in [0, 0.05) is 13.5 Å². The van der Waals surface area contributed by atoms with E-state index in [9.17, 15) is 9.59 Å². The van der Waals surface area contributed by atoms with E-state index < -0.39 is 11.8 Å². The Kier molecular flexibility index (Phi) is 14.0. The molecule has 0 unspecified atom stereocenters. The Morgan fingerprint density at radius 3 is 1.30 bits per heavy atom. The summed E-state index contributed by atoms with van der Waals surface area (Å²) in [5.74, 6) is 1.69. The molecule has 0 N–H and O–H groups in total. The van der Waals surface area contributed by atoms with Crippen molar-refractivity contribution in [3.8, 4) is 11.5 Å². The van der Waals surface area contributed by atoms with Crippen LogP contribution in [-0.4, -0.2) is 44.1 Å². The Bertz CT molecular complexity index is 1200. The third-order valence-electron chi connectivity index (χ3n) is 8.42. The summed E-state index contributed by atoms with van der Waals surface area (Å²) in [5, 5.41) is 1.11. The van der Waals surface area contributed by atoms with Crippen LogP contribution in [0, 0.1) is 5.92 Å². The zero-order chi connectivity index (χ0) is 33.5. The molecular formula is C38H59NO5. The number of ether oxygens (including phenoxy) is 2. The number of nitrogens with zero attached hydrogens (tertiary/aromatic N) is 1. The van der Waals surface area contributed by atoms with Crippen molar-refractivity contribution < 1.29 is 23.9 Å². The van der Waals surface area contributed by atoms with Crippen molar-refractivity contribution in [2.45, 2.75) is 125 Å². The minimum Gasteiger partial charge on any atom is -0.493 e. The fourth-order valence-corrected chi connectivity index (χ4v) is 5.32. The van der Waals surface area contributed by atoms with Gasteiger partial charge in [-0.2, -0.15) is 0 Å². The predicted molar refractivity (Wildman–Crippen MR) is 181 cm³/mol. The summed E-state index contributed by atoms with van der Waals surface area (Å²) in [6, 6.07) is 8.87. The molecular weight excluding hydrogens is 550 g/mol. The number of hydrogen-bond donors (Lipinski definition) is 0. The van der Waals surface area contributed by atoms with Gasteiger partial charge in [-0.25, -0.2) is 5.06 Å². The average Bonchev–Trinajstić information content (AvgIpc) is 2.95. The number of rotatable bonds is 16. The molecule has 2 aromatic rings. The lowest BCUT2D eigenvalue weighted by molar-refractivity contribution is -0.175. The van der Waals surface area contributed by atoms with Crippen molar-refractivity contribution in [2.75, 3.05) is 27.4 Å². The van der Waals surface area contributed by atoms with Crippen LogP contribution in [0.15, 0.2) is 24.3 Å². The van der Waals surface area contributed by atoms with Crippen molar-refractivity contribution in [1.29, 1.82) is 0 Å². The molecule has 246 valence electrons. The lowest BCUT2D eigenvalue weighted by atomic mass is 9.88. The number of amides is 1. The van der Waals surface area contributed by atoms with Crippen molar-refractivity contribution >= 4 is 11.7 Å². The second-order valence-electron chi connectivity index (χ2n) is 13.9. The second kappa shape index (κ2) is 16.5. The molecule has 0 radical (unpaired) electrons. The van der Waals surface area contributed by atoms with Gasteiger partial charge in [0.05, 0.1) is 13.7 Å². The molecule has 0 heterocycles. The number of hydrogen-bond acceptors (Lipinski definition) is 5. The van der Waals surface area contributed by atoms with Gasteiger partial charge in [0.2, 0.25) is 0 Å². The van der Waals surface area contributed by atoms with Crippen LogP contribution >= 0.6 is 0 Å². The van der Waals surface area contributed by atoms with E-state index in [1.54, 1.807) is 0 Å². The summed E-state index contributed by atoms with van der Waals surface area (Å²) in [6.45, 7) is 26.1. The molecule has 44 heavy (non-hydrogen) atoms. The quantitative estimate of drug-likeness (QED) is 0.140. The lowest BCUT2D eigenvalue weighted by Gasteiger charge is -2.26. The van der Waals surface area contributed by atoms with E-state index in [1.807, 2.05) is 0 Å². The highest BCUT2D eigenvalue weighted by molar-refractivity contribution is 6.01. The number of benzene rings is 2. The van der Waals surface area contributed by atoms with E-state index in [4.69, 9.17) is 14.3 Å². The van der Waals surface area contributed by atoms with Gasteiger partial charge >= 0.3 is 0 Å². The van der Waals surface area contributed by atoms with Crippen molar-refractivity contribution in [3.05, 3.63) is 57.6 Å². The number of Topliss-reactive ketones (excluding diaryl/α,β-unsaturated/α-hetero) is 1. The molecule has 1 atom stereocenters. The summed E-state index contributed by atoms with van der Waals surface area (Å²) in [4.78, 5) is 32.3. The van der Waals surface area contributed by atoms with E-state index in [1.165, 1.54) is 25.3 Å². The number of carbonyl (C=O) groups is 2. The van der Waals surface area contributed by atoms with Crippen molar-refractivity contribution in [2.24, 2.45) is 5.92 Å². The molecule has 0 bridgehead atoms. The molecule has 1 amide bonds. The molecule has 0 aliphatic rings. The number of ketones is 1. The van der Waals surface area contributed by atoms with Crippen LogP contribution in [-0.2, 0) is 14.4 Å². The highest BCUT2D eigenvalue weighted by atomic mass is 16.7. The van der Waals surface area contributed by atoms with Gasteiger partial charge in [0.1, 0.15) is 24.0 Å². The molecule has 0 aromatic heterocycles. The molecule has 0 aliphatic heterocycles. The van der Waals surface area contributed by atoms with Crippen molar-refractivity contribution in [3.63, 3.8) is 0 Å². The zero-order valence-electron chi connectivity index (χ0n) is 30.0. The largest absolute Gasteiger partial charge is 0.493 e. The van der Waals surface area contributed by atoms with Gasteiger partial charge in [-0.05, 0) is 68.9 Å². The van der Waals surface area contributed by atoms with Crippen molar-refractivity contribution in [1.82, 2.24) is 5.06 Å². The minimum absolute atomic E-state index is 0.0661. The Hall–Kier alpha value is -2.86. The molecule has 0 spiro atoms. The number of hydroxylamine groups is 2. The fraction of sp³-hybridized carbons (Fsp3) is 0.632. The van der Waals surface area contributed by atoms with Crippen LogP contribution in [0.5, 0.6) is 11.5 Å². The monoisotopic (exact) mass is 609 g/mol. The zero-order valence-corrected chi connectivity index (χ0v) is 30.0. The molecule has 0 fully saturated rings. The molecule has 2 rings (SSSR count). The molecule has 0 saturated heterocycles. The molecule has 0 aliphatic carbocycles. The maximum atomic E-state index is 13.7. The average molecular weight is 610 g/mol. The third kappa shape index (κ3) is 9.32. The minimum atomic E-state index is -1.02. The topological polar surface area (TPSA) is 65.1 Å². The van der Waals surface area contributed by atoms with E-state index in [2.05, 4.69) is 107 Å². The second-order valence-corrected chi connectivity index (χ2v) is 13.9. The maximum Gasteiger partial charge on any atom is 0.259 e. The van der Waals surface area contributed by atoms with Gasteiger partial charge in [-0.15, -0.1) is 0 Å². The summed E-state index contributed by atoms with van der Waals surface area (Å²) in [5.41, 5.74) is 7.02. The summed E-state index contributed by atoms with van der Waals surface area (Å²) < 4.78 is 12.9. The fourth-order valence-electron chi connectivity index (χ4n) is 5.32. The lowest BCUT2D eigenvalue weighted by Crippen LogP contribution is -2.40. The van der Waals surface area contributed by atoms with E-state index >= 15 is 0 Å². The summed E-state index contributed by atoms with van der Waals surface area (Å²) in [6.07, 6.45) is 0.0820. The molecule has 2 aromatic carbocycles. The summed E-state index contributed by atoms with van der Waals surface area (Å²) >= 11 is 0. The van der Waals surface area contributed by atoms with Crippen LogP contribution < -0.4 is 9.47 Å². The first-order valence-electron chi connectivity index (χ1n) is 16.5. The third-order valence-corrected chi connectivity index (χ3v) is 8.42. The number of carbonyl (C=O) groups excluding carboxylic acids is 2. The van der Waals surface area contributed by atoms with Gasteiger partial charge in [-0.1, -0.05) is 107 Å². The highest BCUT2D eigenvalue weighted by Gasteiger charge is 2.32. The molecule has 6 nitrogen and oxygen atoms in total. The summed E-state index contributed by atoms with van der Waals surface area (Å²) in [7, 11) is 2.94. The first-order valence-corrected chi connectivity index (χ1v) is 16.5. The van der Waals surface area contributed by atoms with Gasteiger partial charge in [0.15, 0.2) is 5.78 Å². The Morgan fingerprint density at radius 2 is 0.977 bits per heavy atom. The van der Waals surface area contributed by atoms with Crippen LogP contribution in [0.3, 0.4) is 0 Å². The van der Waals surface area contributed by atoms with Crippen LogP contribution in [0.1, 0.15) is 158 Å². The molecule has 0 saturated carbocycles. The SMILES string of the molecule is CON(C)C(=O)[C@H](COc1c(C(C)C)cc(C(C)C)cc1C(C)C)C(=O)CCOc1c(C(C)C)cc(C(C)C)cc1C(C)C. The van der Waals surface area contributed by atoms with Crippen LogP contribution in [0.25, 0.3) is 0 Å². The molecule has 6 heteroatoms. The standard InChI is InChI=1S/C38H59NO5/c1-22(2)28-17-30(24(5)6)36(31(18-28)25(7)8)43-16-15-35(40)34(38(41)39(13)42-14)21-44-37-32(26(9)10)19-29(23(3)4)20-33(37)27(11)12/h17-20,22-27,34H,15-16,21H2,1-14H3/t34-/m1/s1. The van der Waals surface area contributed by atoms with Gasteiger partial charge < -0.3 is 9.47 Å². The van der Waals surface area contributed by atoms with E-state index in [0.29, 0.717) is 11.8 Å². The van der Waals surface area contributed by atoms with Gasteiger partial charge in [0.25, 0.3) is 5.91 Å². The predicted octanol–water partition coefficient (Wildman–Crippen LogP) is 9.48. The normalized spacial score (nSPS) is 12.6. The first-order chi connectivity index (χ1) is 20.5. The Morgan fingerprint density at radius 1 is 0.614 bits per heavy atom. The first kappa shape index (κ1) is 37.3. The van der Waals surface area contributed by atoms with Crippen LogP contribution in [0.2, 0.25) is 0 Å². The smallest absolute Gasteiger partial charge is 0.259 e. The van der Waals surface area contributed by atoms with Gasteiger partial charge in [-0.3, -0.25) is 14.4 Å². The van der Waals surface area contributed by atoms with E-state index in [0.717, 1.165) is 38.8 Å². The Labute approximate surface area is 267 Å². The maximum absolute atomic E-state index is 13.7. The van der Waals surface area contributed by atoms with Crippen LogP contribution in [0.4, 0.5) is 0 Å². The Balaban J connectivity index is 2.39. The highest BCUT2D eigenvalue weighted by Crippen LogP contribution is 2.39. The van der Waals surface area contributed by atoms with E-state index in [-0.39, 0.29) is 49.1 Å².